The molecule has 0 saturated carbocycles. The first-order valence-electron chi connectivity index (χ1n) is 9.70. The average Bonchev–Trinajstić information content (AvgIpc) is 3.35. The van der Waals surface area contributed by atoms with Gasteiger partial charge in [0.15, 0.2) is 0 Å². The lowest BCUT2D eigenvalue weighted by atomic mass is 10.2. The standard InChI is InChI=1S/C19H29N5O2/c25-18(20-8-14-23-10-1-2-11-23)16-6-5-7-17(22-16)19(26)21-9-15-24-12-3-4-13-24/h5-7H,1-4,8-15H2,(H,20,25)(H,21,26). The third kappa shape index (κ3) is 5.51. The second kappa shape index (κ2) is 9.64. The molecule has 0 unspecified atom stereocenters. The fraction of sp³-hybridized carbons (Fsp3) is 0.632. The molecular weight excluding hydrogens is 330 g/mol. The van der Waals surface area contributed by atoms with Gasteiger partial charge in [-0.05, 0) is 64.0 Å². The Bertz CT molecular complexity index is 560. The number of carbonyl (C=O) groups excluding carboxylic acids is 2. The van der Waals surface area contributed by atoms with E-state index in [0.29, 0.717) is 24.5 Å². The summed E-state index contributed by atoms with van der Waals surface area (Å²) in [5.41, 5.74) is 0.581. The minimum absolute atomic E-state index is 0.226. The predicted molar refractivity (Wildman–Crippen MR) is 100 cm³/mol. The van der Waals surface area contributed by atoms with Crippen LogP contribution in [0.4, 0.5) is 0 Å². The van der Waals surface area contributed by atoms with Crippen molar-refractivity contribution in [2.75, 3.05) is 52.4 Å². The third-order valence-corrected chi connectivity index (χ3v) is 5.04. The molecule has 1 aromatic rings. The van der Waals surface area contributed by atoms with Crippen LogP contribution in [0.3, 0.4) is 0 Å². The average molecular weight is 359 g/mol. The lowest BCUT2D eigenvalue weighted by molar-refractivity contribution is 0.0940. The van der Waals surface area contributed by atoms with Gasteiger partial charge in [-0.15, -0.1) is 0 Å². The number of aromatic nitrogens is 1. The van der Waals surface area contributed by atoms with E-state index in [1.54, 1.807) is 18.2 Å². The molecule has 7 heteroatoms. The molecule has 0 atom stereocenters. The van der Waals surface area contributed by atoms with Crippen molar-refractivity contribution in [2.24, 2.45) is 0 Å². The molecule has 3 rings (SSSR count). The Morgan fingerprint density at radius 3 is 1.65 bits per heavy atom. The Morgan fingerprint density at radius 2 is 1.23 bits per heavy atom. The van der Waals surface area contributed by atoms with E-state index in [9.17, 15) is 9.59 Å². The van der Waals surface area contributed by atoms with Crippen LogP contribution >= 0.6 is 0 Å². The summed E-state index contributed by atoms with van der Waals surface area (Å²) in [6.07, 6.45) is 4.96. The van der Waals surface area contributed by atoms with E-state index in [4.69, 9.17) is 0 Å². The topological polar surface area (TPSA) is 77.6 Å². The zero-order valence-corrected chi connectivity index (χ0v) is 15.4. The molecule has 2 N–H and O–H groups in total. The molecule has 7 nitrogen and oxygen atoms in total. The van der Waals surface area contributed by atoms with E-state index in [1.165, 1.54) is 25.7 Å². The van der Waals surface area contributed by atoms with Crippen LogP contribution in [0.15, 0.2) is 18.2 Å². The Labute approximate surface area is 155 Å². The predicted octanol–water partition coefficient (Wildman–Crippen LogP) is 0.733. The van der Waals surface area contributed by atoms with Crippen molar-refractivity contribution in [3.63, 3.8) is 0 Å². The summed E-state index contributed by atoms with van der Waals surface area (Å²) in [6.45, 7) is 7.38. The summed E-state index contributed by atoms with van der Waals surface area (Å²) in [5, 5.41) is 5.78. The van der Waals surface area contributed by atoms with Gasteiger partial charge in [-0.3, -0.25) is 9.59 Å². The van der Waals surface area contributed by atoms with Crippen molar-refractivity contribution in [1.82, 2.24) is 25.4 Å². The summed E-state index contributed by atoms with van der Waals surface area (Å²) in [6, 6.07) is 5.00. The fourth-order valence-electron chi connectivity index (χ4n) is 3.54. The molecule has 0 aliphatic carbocycles. The van der Waals surface area contributed by atoms with Crippen LogP contribution in [0.5, 0.6) is 0 Å². The molecule has 2 aliphatic heterocycles. The van der Waals surface area contributed by atoms with Crippen LogP contribution in [0.1, 0.15) is 46.7 Å². The van der Waals surface area contributed by atoms with Crippen LogP contribution in [-0.4, -0.2) is 79.0 Å². The fourth-order valence-corrected chi connectivity index (χ4v) is 3.54. The van der Waals surface area contributed by atoms with Crippen molar-refractivity contribution in [3.05, 3.63) is 29.6 Å². The van der Waals surface area contributed by atoms with E-state index < -0.39 is 0 Å². The van der Waals surface area contributed by atoms with Crippen LogP contribution in [0.25, 0.3) is 0 Å². The maximum absolute atomic E-state index is 12.3. The first-order chi connectivity index (χ1) is 12.7. The molecule has 0 bridgehead atoms. The second-order valence-electron chi connectivity index (χ2n) is 7.02. The van der Waals surface area contributed by atoms with Gasteiger partial charge >= 0.3 is 0 Å². The number of nitrogens with zero attached hydrogens (tertiary/aromatic N) is 3. The van der Waals surface area contributed by atoms with Crippen molar-refractivity contribution in [3.8, 4) is 0 Å². The van der Waals surface area contributed by atoms with E-state index in [2.05, 4.69) is 25.4 Å². The number of hydrogen-bond donors (Lipinski definition) is 2. The summed E-state index contributed by atoms with van der Waals surface area (Å²) >= 11 is 0. The van der Waals surface area contributed by atoms with Gasteiger partial charge in [0.05, 0.1) is 0 Å². The second-order valence-corrected chi connectivity index (χ2v) is 7.02. The Hall–Kier alpha value is -1.99. The minimum Gasteiger partial charge on any atom is -0.349 e. The van der Waals surface area contributed by atoms with Gasteiger partial charge in [0.2, 0.25) is 0 Å². The van der Waals surface area contributed by atoms with E-state index in [1.807, 2.05) is 0 Å². The van der Waals surface area contributed by atoms with Crippen molar-refractivity contribution in [2.45, 2.75) is 25.7 Å². The number of likely N-dealkylation sites (tertiary alicyclic amines) is 2. The molecule has 0 radical (unpaired) electrons. The number of rotatable bonds is 8. The number of nitrogens with one attached hydrogen (secondary N) is 2. The first-order valence-corrected chi connectivity index (χ1v) is 9.70. The van der Waals surface area contributed by atoms with Gasteiger partial charge < -0.3 is 20.4 Å². The van der Waals surface area contributed by atoms with Crippen LogP contribution in [-0.2, 0) is 0 Å². The van der Waals surface area contributed by atoms with Crippen molar-refractivity contribution < 1.29 is 9.59 Å². The SMILES string of the molecule is O=C(NCCN1CCCC1)c1cccc(C(=O)NCCN2CCCC2)n1. The van der Waals surface area contributed by atoms with Crippen molar-refractivity contribution >= 4 is 11.8 Å². The molecule has 2 fully saturated rings. The van der Waals surface area contributed by atoms with Crippen LogP contribution in [0, 0.1) is 0 Å². The third-order valence-electron chi connectivity index (χ3n) is 5.04. The Balaban J connectivity index is 1.43. The monoisotopic (exact) mass is 359 g/mol. The lowest BCUT2D eigenvalue weighted by Gasteiger charge is -2.15. The zero-order valence-electron chi connectivity index (χ0n) is 15.4. The van der Waals surface area contributed by atoms with E-state index in [-0.39, 0.29) is 11.8 Å². The van der Waals surface area contributed by atoms with Gasteiger partial charge in [0.1, 0.15) is 11.4 Å². The molecule has 2 amide bonds. The molecule has 0 aromatic carbocycles. The van der Waals surface area contributed by atoms with Crippen LogP contribution < -0.4 is 10.6 Å². The molecule has 2 aliphatic rings. The van der Waals surface area contributed by atoms with Gasteiger partial charge in [-0.2, -0.15) is 0 Å². The molecule has 2 saturated heterocycles. The van der Waals surface area contributed by atoms with E-state index >= 15 is 0 Å². The number of pyridine rings is 1. The first kappa shape index (κ1) is 18.8. The van der Waals surface area contributed by atoms with Gasteiger partial charge in [-0.25, -0.2) is 4.98 Å². The number of hydrogen-bond acceptors (Lipinski definition) is 5. The van der Waals surface area contributed by atoms with Crippen molar-refractivity contribution in [1.29, 1.82) is 0 Å². The summed E-state index contributed by atoms with van der Waals surface area (Å²) in [5.74, 6) is -0.452. The smallest absolute Gasteiger partial charge is 0.269 e. The normalized spacial score (nSPS) is 18.2. The largest absolute Gasteiger partial charge is 0.349 e. The highest BCUT2D eigenvalue weighted by Crippen LogP contribution is 2.07. The summed E-state index contributed by atoms with van der Waals surface area (Å²) in [4.78, 5) is 33.4. The molecule has 26 heavy (non-hydrogen) atoms. The summed E-state index contributed by atoms with van der Waals surface area (Å²) < 4.78 is 0. The maximum Gasteiger partial charge on any atom is 0.269 e. The number of amides is 2. The van der Waals surface area contributed by atoms with Gasteiger partial charge in [0, 0.05) is 26.2 Å². The highest BCUT2D eigenvalue weighted by molar-refractivity contribution is 5.96. The van der Waals surface area contributed by atoms with Gasteiger partial charge in [0.25, 0.3) is 11.8 Å². The van der Waals surface area contributed by atoms with Crippen LogP contribution in [0.2, 0.25) is 0 Å². The quantitative estimate of drug-likeness (QED) is 0.716. The Kier molecular flexibility index (Phi) is 6.96. The lowest BCUT2D eigenvalue weighted by Crippen LogP contribution is -2.35. The molecule has 3 heterocycles. The Morgan fingerprint density at radius 1 is 0.808 bits per heavy atom. The molecule has 1 aromatic heterocycles. The molecular formula is C19H29N5O2. The maximum atomic E-state index is 12.3. The minimum atomic E-state index is -0.226. The summed E-state index contributed by atoms with van der Waals surface area (Å²) in [7, 11) is 0. The van der Waals surface area contributed by atoms with Gasteiger partial charge in [-0.1, -0.05) is 6.07 Å². The number of carbonyl (C=O) groups is 2. The highest BCUT2D eigenvalue weighted by Gasteiger charge is 2.15. The highest BCUT2D eigenvalue weighted by atomic mass is 16.2. The molecule has 142 valence electrons. The van der Waals surface area contributed by atoms with E-state index in [0.717, 1.165) is 39.3 Å². The zero-order chi connectivity index (χ0) is 18.2. The molecule has 0 spiro atoms.